The predicted octanol–water partition coefficient (Wildman–Crippen LogP) is 5.52. The van der Waals surface area contributed by atoms with Gasteiger partial charge in [-0.15, -0.1) is 0 Å². The molecule has 5 rings (SSSR count). The van der Waals surface area contributed by atoms with E-state index in [1.807, 2.05) is 24.3 Å². The summed E-state index contributed by atoms with van der Waals surface area (Å²) in [7, 11) is -3.68. The third kappa shape index (κ3) is 5.21. The molecule has 1 fully saturated rings. The fourth-order valence-electron chi connectivity index (χ4n) is 4.63. The smallest absolute Gasteiger partial charge is 0.243 e. The van der Waals surface area contributed by atoms with Crippen LogP contribution in [0.5, 0.6) is 0 Å². The molecule has 0 saturated carbocycles. The second-order valence-corrected chi connectivity index (χ2v) is 11.1. The molecule has 1 aromatic heterocycles. The summed E-state index contributed by atoms with van der Waals surface area (Å²) in [6.07, 6.45) is 3.72. The summed E-state index contributed by atoms with van der Waals surface area (Å²) in [5.74, 6) is -0.466. The van der Waals surface area contributed by atoms with E-state index in [2.05, 4.69) is 5.32 Å². The van der Waals surface area contributed by atoms with Crippen molar-refractivity contribution in [1.82, 2.24) is 4.31 Å². The van der Waals surface area contributed by atoms with Crippen LogP contribution in [0.2, 0.25) is 0 Å². The first-order chi connectivity index (χ1) is 17.9. The van der Waals surface area contributed by atoms with Gasteiger partial charge in [-0.25, -0.2) is 8.42 Å². The molecule has 0 radical (unpaired) electrons. The first-order valence-electron chi connectivity index (χ1n) is 12.4. The monoisotopic (exact) mass is 516 g/mol. The summed E-state index contributed by atoms with van der Waals surface area (Å²) in [5, 5.41) is 3.78. The number of nitrogens with one attached hydrogen (secondary N) is 1. The summed E-state index contributed by atoms with van der Waals surface area (Å²) in [6, 6.07) is 22.2. The van der Waals surface area contributed by atoms with Gasteiger partial charge in [0, 0.05) is 29.6 Å². The van der Waals surface area contributed by atoms with Crippen LogP contribution in [0.4, 0.5) is 5.69 Å². The zero-order valence-electron chi connectivity index (χ0n) is 20.4. The minimum Gasteiger partial charge on any atom is -0.450 e. The maximum absolute atomic E-state index is 13.2. The van der Waals surface area contributed by atoms with Crippen LogP contribution in [0, 0.1) is 0 Å². The summed E-state index contributed by atoms with van der Waals surface area (Å²) in [5.41, 5.74) is 1.72. The first kappa shape index (κ1) is 24.9. The number of benzene rings is 3. The van der Waals surface area contributed by atoms with Crippen LogP contribution in [-0.4, -0.2) is 43.9 Å². The Morgan fingerprint density at radius 2 is 1.49 bits per heavy atom. The van der Waals surface area contributed by atoms with E-state index < -0.39 is 10.0 Å². The van der Waals surface area contributed by atoms with E-state index in [0.717, 1.165) is 25.7 Å². The summed E-state index contributed by atoms with van der Waals surface area (Å²) < 4.78 is 33.8. The topological polar surface area (TPSA) is 96.7 Å². The van der Waals surface area contributed by atoms with E-state index in [9.17, 15) is 18.0 Å². The highest BCUT2D eigenvalue weighted by molar-refractivity contribution is 7.89. The van der Waals surface area contributed by atoms with Gasteiger partial charge in [0.25, 0.3) is 0 Å². The highest BCUT2D eigenvalue weighted by Crippen LogP contribution is 2.32. The van der Waals surface area contributed by atoms with Gasteiger partial charge in [-0.3, -0.25) is 9.59 Å². The maximum Gasteiger partial charge on any atom is 0.243 e. The number of carbonyl (C=O) groups excluding carboxylic acids is 2. The van der Waals surface area contributed by atoms with Crippen molar-refractivity contribution in [3.63, 3.8) is 0 Å². The fourth-order valence-corrected chi connectivity index (χ4v) is 6.20. The van der Waals surface area contributed by atoms with Crippen LogP contribution in [-0.2, 0) is 10.0 Å². The summed E-state index contributed by atoms with van der Waals surface area (Å²) >= 11 is 0. The Balaban J connectivity index is 1.39. The Morgan fingerprint density at radius 3 is 2.24 bits per heavy atom. The SMILES string of the molecule is O=C(CNc1c(C(=O)c2ccccc2)oc2ccccc12)c1cccc(S(=O)(=O)N2CCCCCC2)c1. The second kappa shape index (κ2) is 10.7. The second-order valence-electron chi connectivity index (χ2n) is 9.12. The Morgan fingerprint density at radius 1 is 0.811 bits per heavy atom. The molecule has 8 heteroatoms. The normalized spacial score (nSPS) is 14.8. The largest absolute Gasteiger partial charge is 0.450 e. The number of ketones is 2. The van der Waals surface area contributed by atoms with Crippen LogP contribution >= 0.6 is 0 Å². The molecular weight excluding hydrogens is 488 g/mol. The van der Waals surface area contributed by atoms with Gasteiger partial charge in [0.2, 0.25) is 15.8 Å². The van der Waals surface area contributed by atoms with E-state index in [4.69, 9.17) is 4.42 Å². The van der Waals surface area contributed by atoms with Crippen molar-refractivity contribution >= 4 is 38.2 Å². The van der Waals surface area contributed by atoms with Gasteiger partial charge in [-0.1, -0.05) is 67.4 Å². The van der Waals surface area contributed by atoms with Crippen molar-refractivity contribution in [2.45, 2.75) is 30.6 Å². The highest BCUT2D eigenvalue weighted by atomic mass is 32.2. The maximum atomic E-state index is 13.2. The summed E-state index contributed by atoms with van der Waals surface area (Å²) in [6.45, 7) is 0.855. The number of fused-ring (bicyclic) bond motifs is 1. The van der Waals surface area contributed by atoms with Crippen molar-refractivity contribution in [3.8, 4) is 0 Å². The number of hydrogen-bond donors (Lipinski definition) is 1. The number of furan rings is 1. The molecule has 37 heavy (non-hydrogen) atoms. The molecule has 190 valence electrons. The Hall–Kier alpha value is -3.75. The van der Waals surface area contributed by atoms with Crippen LogP contribution in [0.15, 0.2) is 88.2 Å². The molecule has 1 aliphatic heterocycles. The molecule has 0 unspecified atom stereocenters. The van der Waals surface area contributed by atoms with Crippen molar-refractivity contribution < 1.29 is 22.4 Å². The molecular formula is C29H28N2O5S. The van der Waals surface area contributed by atoms with Crippen molar-refractivity contribution in [3.05, 3.63) is 95.7 Å². The lowest BCUT2D eigenvalue weighted by Crippen LogP contribution is -2.32. The van der Waals surface area contributed by atoms with E-state index in [1.165, 1.54) is 16.4 Å². The number of carbonyl (C=O) groups is 2. The summed E-state index contributed by atoms with van der Waals surface area (Å²) in [4.78, 5) is 26.5. The molecule has 4 aromatic rings. The van der Waals surface area contributed by atoms with Gasteiger partial charge < -0.3 is 9.73 Å². The lowest BCUT2D eigenvalue weighted by Gasteiger charge is -2.20. The molecule has 0 bridgehead atoms. The molecule has 0 atom stereocenters. The predicted molar refractivity (Wildman–Crippen MR) is 143 cm³/mol. The molecule has 0 amide bonds. The number of Topliss-reactive ketones (excluding diaryl/α,β-unsaturated/α-hetero) is 1. The fraction of sp³-hybridized carbons (Fsp3) is 0.241. The Kier molecular flexibility index (Phi) is 7.21. The van der Waals surface area contributed by atoms with Gasteiger partial charge in [-0.05, 0) is 37.1 Å². The number of anilines is 1. The lowest BCUT2D eigenvalue weighted by atomic mass is 10.1. The van der Waals surface area contributed by atoms with Crippen molar-refractivity contribution in [2.24, 2.45) is 0 Å². The lowest BCUT2D eigenvalue weighted by molar-refractivity contribution is 0.0997. The van der Waals surface area contributed by atoms with Gasteiger partial charge in [-0.2, -0.15) is 4.31 Å². The standard InChI is InChI=1S/C29H28N2O5S/c32-25(22-13-10-14-23(19-22)37(34,35)31-17-8-1-2-9-18-31)20-30-27-24-15-6-7-16-26(24)36-29(27)28(33)21-11-4-3-5-12-21/h3-7,10-16,19,30H,1-2,8-9,17-18,20H2. The van der Waals surface area contributed by atoms with E-state index in [-0.39, 0.29) is 34.3 Å². The minimum absolute atomic E-state index is 0.119. The van der Waals surface area contributed by atoms with Gasteiger partial charge in [0.1, 0.15) is 5.58 Å². The third-order valence-electron chi connectivity index (χ3n) is 6.62. The van der Waals surface area contributed by atoms with Crippen molar-refractivity contribution in [2.75, 3.05) is 25.0 Å². The molecule has 0 aliphatic carbocycles. The van der Waals surface area contributed by atoms with Crippen LogP contribution in [0.3, 0.4) is 0 Å². The van der Waals surface area contributed by atoms with E-state index in [0.29, 0.717) is 35.3 Å². The quantitative estimate of drug-likeness (QED) is 0.310. The molecule has 2 heterocycles. The van der Waals surface area contributed by atoms with Crippen LogP contribution < -0.4 is 5.32 Å². The van der Waals surface area contributed by atoms with Crippen LogP contribution in [0.1, 0.15) is 52.2 Å². The molecule has 1 aliphatic rings. The number of hydrogen-bond acceptors (Lipinski definition) is 6. The zero-order valence-corrected chi connectivity index (χ0v) is 21.2. The number of nitrogens with zero attached hydrogens (tertiary/aromatic N) is 1. The first-order valence-corrected chi connectivity index (χ1v) is 13.9. The molecule has 7 nitrogen and oxygen atoms in total. The van der Waals surface area contributed by atoms with E-state index in [1.54, 1.807) is 42.5 Å². The molecule has 1 saturated heterocycles. The molecule has 3 aromatic carbocycles. The molecule has 0 spiro atoms. The zero-order chi connectivity index (χ0) is 25.8. The third-order valence-corrected chi connectivity index (χ3v) is 8.52. The van der Waals surface area contributed by atoms with Crippen LogP contribution in [0.25, 0.3) is 11.0 Å². The van der Waals surface area contributed by atoms with Crippen molar-refractivity contribution in [1.29, 1.82) is 0 Å². The number of sulfonamides is 1. The minimum atomic E-state index is -3.68. The molecule has 1 N–H and O–H groups in total. The average Bonchev–Trinajstić information content (AvgIpc) is 3.08. The highest BCUT2D eigenvalue weighted by Gasteiger charge is 2.26. The van der Waals surface area contributed by atoms with E-state index >= 15 is 0 Å². The van der Waals surface area contributed by atoms with Gasteiger partial charge in [0.05, 0.1) is 17.1 Å². The number of para-hydroxylation sites is 1. The van der Waals surface area contributed by atoms with Gasteiger partial charge >= 0.3 is 0 Å². The average molecular weight is 517 g/mol. The Bertz CT molecular complexity index is 1540. The number of rotatable bonds is 8. The Labute approximate surface area is 216 Å². The van der Waals surface area contributed by atoms with Gasteiger partial charge in [0.15, 0.2) is 11.5 Å².